The van der Waals surface area contributed by atoms with Crippen LogP contribution in [0.1, 0.15) is 60.2 Å². The van der Waals surface area contributed by atoms with E-state index < -0.39 is 17.2 Å². The molecular formula is C17H28N6O3S2. The fourth-order valence-electron chi connectivity index (χ4n) is 1.94. The molecule has 0 radical (unpaired) electrons. The minimum absolute atomic E-state index is 0.380. The smallest absolute Gasteiger partial charge is 0.408 e. The van der Waals surface area contributed by atoms with E-state index in [0.717, 1.165) is 16.0 Å². The Morgan fingerprint density at radius 3 is 2.61 bits per heavy atom. The zero-order valence-corrected chi connectivity index (χ0v) is 19.0. The van der Waals surface area contributed by atoms with E-state index in [4.69, 9.17) is 9.26 Å². The van der Waals surface area contributed by atoms with Crippen molar-refractivity contribution in [1.29, 1.82) is 0 Å². The lowest BCUT2D eigenvalue weighted by molar-refractivity contribution is 0.0465. The Kier molecular flexibility index (Phi) is 7.27. The van der Waals surface area contributed by atoms with Gasteiger partial charge in [-0.3, -0.25) is 0 Å². The number of hydrogen-bond acceptors (Lipinski definition) is 10. The minimum atomic E-state index is -0.828. The quantitative estimate of drug-likeness (QED) is 0.601. The first-order valence-electron chi connectivity index (χ1n) is 8.99. The molecule has 0 atom stereocenters. The lowest BCUT2D eigenvalue weighted by Gasteiger charge is -2.26. The van der Waals surface area contributed by atoms with Gasteiger partial charge in [0.05, 0.1) is 5.75 Å². The summed E-state index contributed by atoms with van der Waals surface area (Å²) in [5.74, 6) is 1.83. The molecule has 156 valence electrons. The van der Waals surface area contributed by atoms with Crippen molar-refractivity contribution in [3.8, 4) is 0 Å². The van der Waals surface area contributed by atoms with E-state index >= 15 is 0 Å². The number of carbonyl (C=O) groups is 1. The molecule has 28 heavy (non-hydrogen) atoms. The monoisotopic (exact) mass is 428 g/mol. The van der Waals surface area contributed by atoms with Gasteiger partial charge in [0.1, 0.15) is 11.1 Å². The zero-order chi connectivity index (χ0) is 20.9. The van der Waals surface area contributed by atoms with E-state index in [2.05, 4.69) is 44.8 Å². The topological polar surface area (TPSA) is 115 Å². The molecule has 0 saturated carbocycles. The maximum Gasteiger partial charge on any atom is 0.408 e. The largest absolute Gasteiger partial charge is 0.444 e. The maximum absolute atomic E-state index is 12.0. The van der Waals surface area contributed by atoms with Crippen molar-refractivity contribution in [2.45, 2.75) is 69.7 Å². The van der Waals surface area contributed by atoms with Crippen LogP contribution in [0.3, 0.4) is 0 Å². The van der Waals surface area contributed by atoms with Gasteiger partial charge in [-0.2, -0.15) is 4.98 Å². The molecular weight excluding hydrogens is 400 g/mol. The van der Waals surface area contributed by atoms with Crippen LogP contribution in [0.5, 0.6) is 0 Å². The third-order valence-electron chi connectivity index (χ3n) is 3.23. The van der Waals surface area contributed by atoms with E-state index in [-0.39, 0.29) is 0 Å². The number of anilines is 1. The van der Waals surface area contributed by atoms with Crippen molar-refractivity contribution in [3.05, 3.63) is 11.7 Å². The third-order valence-corrected chi connectivity index (χ3v) is 5.23. The Labute approximate surface area is 173 Å². The predicted molar refractivity (Wildman–Crippen MR) is 109 cm³/mol. The van der Waals surface area contributed by atoms with Gasteiger partial charge in [0.15, 0.2) is 10.2 Å². The molecule has 0 aliphatic carbocycles. The van der Waals surface area contributed by atoms with Crippen LogP contribution in [0.2, 0.25) is 0 Å². The van der Waals surface area contributed by atoms with Crippen LogP contribution in [0, 0.1) is 5.92 Å². The summed E-state index contributed by atoms with van der Waals surface area (Å²) in [6.45, 7) is 14.1. The highest BCUT2D eigenvalue weighted by atomic mass is 32.2. The van der Waals surface area contributed by atoms with Crippen molar-refractivity contribution >= 4 is 34.3 Å². The first-order valence-corrected chi connectivity index (χ1v) is 10.8. The van der Waals surface area contributed by atoms with Crippen LogP contribution in [-0.4, -0.2) is 38.6 Å². The lowest BCUT2D eigenvalue weighted by Crippen LogP contribution is -2.44. The molecule has 2 N–H and O–H groups in total. The van der Waals surface area contributed by atoms with Gasteiger partial charge in [0, 0.05) is 6.54 Å². The number of amides is 1. The Morgan fingerprint density at radius 2 is 1.96 bits per heavy atom. The van der Waals surface area contributed by atoms with Gasteiger partial charge >= 0.3 is 6.09 Å². The third kappa shape index (κ3) is 7.27. The summed E-state index contributed by atoms with van der Waals surface area (Å²) in [5.41, 5.74) is -1.41. The van der Waals surface area contributed by atoms with Gasteiger partial charge in [-0.25, -0.2) is 4.79 Å². The molecule has 2 aromatic heterocycles. The molecule has 9 nitrogen and oxygen atoms in total. The molecule has 0 saturated heterocycles. The lowest BCUT2D eigenvalue weighted by atomic mass is 10.1. The van der Waals surface area contributed by atoms with Crippen molar-refractivity contribution in [2.75, 3.05) is 11.9 Å². The zero-order valence-electron chi connectivity index (χ0n) is 17.3. The fourth-order valence-corrected chi connectivity index (χ4v) is 3.53. The highest BCUT2D eigenvalue weighted by Gasteiger charge is 2.31. The van der Waals surface area contributed by atoms with Crippen molar-refractivity contribution in [1.82, 2.24) is 25.7 Å². The number of hydrogen-bond donors (Lipinski definition) is 2. The van der Waals surface area contributed by atoms with Gasteiger partial charge in [0.2, 0.25) is 11.0 Å². The summed E-state index contributed by atoms with van der Waals surface area (Å²) in [5, 5.41) is 19.1. The summed E-state index contributed by atoms with van der Waals surface area (Å²) >= 11 is 2.96. The molecule has 0 aliphatic rings. The summed E-state index contributed by atoms with van der Waals surface area (Å²) in [6.07, 6.45) is -0.534. The molecule has 0 aromatic carbocycles. The average Bonchev–Trinajstić information content (AvgIpc) is 3.18. The molecule has 2 aromatic rings. The molecule has 11 heteroatoms. The first kappa shape index (κ1) is 22.4. The normalized spacial score (nSPS) is 12.3. The van der Waals surface area contributed by atoms with Crippen LogP contribution < -0.4 is 10.6 Å². The Bertz CT molecular complexity index is 782. The minimum Gasteiger partial charge on any atom is -0.444 e. The predicted octanol–water partition coefficient (Wildman–Crippen LogP) is 4.04. The number of carbonyl (C=O) groups excluding carboxylic acids is 1. The summed E-state index contributed by atoms with van der Waals surface area (Å²) in [6, 6.07) is 0. The van der Waals surface area contributed by atoms with Gasteiger partial charge in [-0.1, -0.05) is 42.1 Å². The molecule has 2 heterocycles. The SMILES string of the molecule is CC(C)CNc1nnc(SCc2nc(C(C)(C)NC(=O)OC(C)(C)C)no2)s1. The van der Waals surface area contributed by atoms with Crippen molar-refractivity contribution in [3.63, 3.8) is 0 Å². The van der Waals surface area contributed by atoms with Crippen LogP contribution in [0.4, 0.5) is 9.93 Å². The number of aromatic nitrogens is 4. The van der Waals surface area contributed by atoms with Gasteiger partial charge in [-0.05, 0) is 40.5 Å². The Morgan fingerprint density at radius 1 is 1.25 bits per heavy atom. The molecule has 2 rings (SSSR count). The molecule has 0 unspecified atom stereocenters. The number of alkyl carbamates (subject to hydrolysis) is 1. The van der Waals surface area contributed by atoms with E-state index in [1.165, 1.54) is 23.1 Å². The van der Waals surface area contributed by atoms with E-state index in [0.29, 0.717) is 23.4 Å². The van der Waals surface area contributed by atoms with Gasteiger partial charge in [-0.15, -0.1) is 10.2 Å². The van der Waals surface area contributed by atoms with Crippen molar-refractivity contribution < 1.29 is 14.1 Å². The van der Waals surface area contributed by atoms with E-state index in [1.54, 1.807) is 34.6 Å². The number of rotatable bonds is 8. The number of thioether (sulfide) groups is 1. The highest BCUT2D eigenvalue weighted by molar-refractivity contribution is 8.00. The Hall–Kier alpha value is -1.88. The van der Waals surface area contributed by atoms with Crippen molar-refractivity contribution in [2.24, 2.45) is 5.92 Å². The summed E-state index contributed by atoms with van der Waals surface area (Å²) in [7, 11) is 0. The van der Waals surface area contributed by atoms with Gasteiger partial charge in [0.25, 0.3) is 0 Å². The van der Waals surface area contributed by atoms with E-state index in [9.17, 15) is 4.79 Å². The standard InChI is InChI=1S/C17H28N6O3S2/c1-10(2)8-18-13-21-22-15(28-13)27-9-11-19-12(23-26-11)17(6,7)20-14(24)25-16(3,4)5/h10H,8-9H2,1-7H3,(H,18,21)(H,20,24). The molecule has 0 spiro atoms. The molecule has 0 fully saturated rings. The maximum atomic E-state index is 12.0. The van der Waals surface area contributed by atoms with E-state index in [1.807, 2.05) is 0 Å². The summed E-state index contributed by atoms with van der Waals surface area (Å²) < 4.78 is 11.4. The Balaban J connectivity index is 1.90. The summed E-state index contributed by atoms with van der Waals surface area (Å²) in [4.78, 5) is 16.4. The second kappa shape index (κ2) is 9.08. The first-order chi connectivity index (χ1) is 12.9. The van der Waals surface area contributed by atoms with Crippen LogP contribution in [-0.2, 0) is 16.0 Å². The van der Waals surface area contributed by atoms with Gasteiger partial charge < -0.3 is 19.9 Å². The molecule has 1 amide bonds. The average molecular weight is 429 g/mol. The number of ether oxygens (including phenoxy) is 1. The highest BCUT2D eigenvalue weighted by Crippen LogP contribution is 2.28. The van der Waals surface area contributed by atoms with Crippen LogP contribution in [0.15, 0.2) is 8.86 Å². The fraction of sp³-hybridized carbons (Fsp3) is 0.706. The molecule has 0 aliphatic heterocycles. The second-order valence-corrected chi connectivity index (χ2v) is 10.4. The number of nitrogens with zero attached hydrogens (tertiary/aromatic N) is 4. The van der Waals surface area contributed by atoms with Crippen LogP contribution in [0.25, 0.3) is 0 Å². The molecule has 0 bridgehead atoms. The second-order valence-electron chi connectivity index (χ2n) is 8.20. The van der Waals surface area contributed by atoms with Crippen LogP contribution >= 0.6 is 23.1 Å². The number of nitrogens with one attached hydrogen (secondary N) is 2.